The zero-order valence-corrected chi connectivity index (χ0v) is 25.0. The Balaban J connectivity index is 1.24. The highest BCUT2D eigenvalue weighted by Crippen LogP contribution is 2.33. The van der Waals surface area contributed by atoms with Crippen molar-refractivity contribution in [2.24, 2.45) is 5.92 Å². The van der Waals surface area contributed by atoms with Gasteiger partial charge in [0.15, 0.2) is 5.82 Å². The Labute approximate surface area is 248 Å². The minimum atomic E-state index is -0.111. The minimum Gasteiger partial charge on any atom is -0.495 e. The summed E-state index contributed by atoms with van der Waals surface area (Å²) >= 11 is 0. The van der Waals surface area contributed by atoms with Crippen molar-refractivity contribution < 1.29 is 14.3 Å². The third-order valence-electron chi connectivity index (χ3n) is 7.85. The van der Waals surface area contributed by atoms with E-state index < -0.39 is 0 Å². The van der Waals surface area contributed by atoms with Crippen molar-refractivity contribution in [2.75, 3.05) is 55.5 Å². The van der Waals surface area contributed by atoms with Crippen LogP contribution in [0.2, 0.25) is 0 Å². The topological polar surface area (TPSA) is 103 Å². The van der Waals surface area contributed by atoms with E-state index in [0.717, 1.165) is 44.8 Å². The standard InChI is InChI=1S/C32H41N7O3/c1-22(2)20-39-17-14-29(40)37(3)27-19-33-32(36-30(27)39)35-26-11-10-24(18-28(26)42-4)31(41)34-25-12-15-38(16-13-25)21-23-8-6-5-7-9-23/h5-11,18-19,22,25H,12-17,20-21H2,1-4H3,(H,34,41)(H,33,35,36). The van der Waals surface area contributed by atoms with Gasteiger partial charge in [-0.1, -0.05) is 44.2 Å². The maximum Gasteiger partial charge on any atom is 0.251 e. The highest BCUT2D eigenvalue weighted by atomic mass is 16.5. The van der Waals surface area contributed by atoms with E-state index in [2.05, 4.69) is 63.5 Å². The van der Waals surface area contributed by atoms with E-state index >= 15 is 0 Å². The summed E-state index contributed by atoms with van der Waals surface area (Å²) in [5.41, 5.74) is 3.19. The maximum atomic E-state index is 13.1. The molecule has 0 bridgehead atoms. The van der Waals surface area contributed by atoms with Crippen LogP contribution in [-0.4, -0.2) is 73.1 Å². The number of hydrogen-bond donors (Lipinski definition) is 2. The first kappa shape index (κ1) is 29.3. The molecule has 0 spiro atoms. The van der Waals surface area contributed by atoms with Crippen molar-refractivity contribution in [3.8, 4) is 5.75 Å². The van der Waals surface area contributed by atoms with Crippen molar-refractivity contribution in [1.29, 1.82) is 0 Å². The molecule has 2 amide bonds. The largest absolute Gasteiger partial charge is 0.495 e. The van der Waals surface area contributed by atoms with Crippen LogP contribution in [0.25, 0.3) is 0 Å². The molecule has 1 saturated heterocycles. The van der Waals surface area contributed by atoms with Crippen molar-refractivity contribution in [2.45, 2.75) is 45.7 Å². The Hall–Kier alpha value is -4.18. The van der Waals surface area contributed by atoms with Crippen LogP contribution < -0.4 is 25.2 Å². The number of likely N-dealkylation sites (tertiary alicyclic amines) is 1. The number of nitrogens with zero attached hydrogens (tertiary/aromatic N) is 5. The molecule has 2 N–H and O–H groups in total. The van der Waals surface area contributed by atoms with E-state index in [-0.39, 0.29) is 17.9 Å². The summed E-state index contributed by atoms with van der Waals surface area (Å²) in [5, 5.41) is 6.46. The summed E-state index contributed by atoms with van der Waals surface area (Å²) in [7, 11) is 3.34. The van der Waals surface area contributed by atoms with E-state index in [4.69, 9.17) is 9.72 Å². The van der Waals surface area contributed by atoms with Gasteiger partial charge in [0.1, 0.15) is 11.4 Å². The minimum absolute atomic E-state index is 0.0417. The van der Waals surface area contributed by atoms with Crippen LogP contribution in [0, 0.1) is 5.92 Å². The SMILES string of the molecule is COc1cc(C(=O)NC2CCN(Cc3ccccc3)CC2)ccc1Nc1ncc2c(n1)N(CC(C)C)CCC(=O)N2C. The fourth-order valence-electron chi connectivity index (χ4n) is 5.56. The second-order valence-electron chi connectivity index (χ2n) is 11.5. The molecule has 0 saturated carbocycles. The third kappa shape index (κ3) is 6.99. The lowest BCUT2D eigenvalue weighted by atomic mass is 10.0. The molecule has 0 aliphatic carbocycles. The maximum absolute atomic E-state index is 13.1. The number of carbonyl (C=O) groups is 2. The average Bonchev–Trinajstić information content (AvgIpc) is 3.10. The molecule has 3 heterocycles. The van der Waals surface area contributed by atoms with Gasteiger partial charge in [-0.15, -0.1) is 0 Å². The molecule has 1 fully saturated rings. The molecule has 2 aliphatic heterocycles. The molecular weight excluding hydrogens is 530 g/mol. The summed E-state index contributed by atoms with van der Waals surface area (Å²) in [6.07, 6.45) is 3.94. The monoisotopic (exact) mass is 571 g/mol. The number of hydrogen-bond acceptors (Lipinski definition) is 8. The van der Waals surface area contributed by atoms with E-state index in [1.165, 1.54) is 5.56 Å². The molecule has 0 atom stereocenters. The Morgan fingerprint density at radius 2 is 1.86 bits per heavy atom. The summed E-state index contributed by atoms with van der Waals surface area (Å²) in [6.45, 7) is 8.51. The first-order chi connectivity index (χ1) is 20.3. The summed E-state index contributed by atoms with van der Waals surface area (Å²) < 4.78 is 5.64. The van der Waals surface area contributed by atoms with Crippen LogP contribution in [0.4, 0.5) is 23.1 Å². The Morgan fingerprint density at radius 1 is 1.10 bits per heavy atom. The molecule has 1 aromatic heterocycles. The second-order valence-corrected chi connectivity index (χ2v) is 11.5. The van der Waals surface area contributed by atoms with Crippen molar-refractivity contribution in [3.05, 3.63) is 65.9 Å². The predicted octanol–water partition coefficient (Wildman–Crippen LogP) is 4.45. The van der Waals surface area contributed by atoms with Gasteiger partial charge in [0.25, 0.3) is 5.91 Å². The second kappa shape index (κ2) is 13.2. The first-order valence-corrected chi connectivity index (χ1v) is 14.7. The van der Waals surface area contributed by atoms with Crippen LogP contribution in [0.1, 0.15) is 49.0 Å². The Morgan fingerprint density at radius 3 is 2.57 bits per heavy atom. The van der Waals surface area contributed by atoms with Crippen molar-refractivity contribution >= 4 is 35.0 Å². The van der Waals surface area contributed by atoms with Crippen molar-refractivity contribution in [1.82, 2.24) is 20.2 Å². The zero-order chi connectivity index (χ0) is 29.6. The van der Waals surface area contributed by atoms with E-state index in [9.17, 15) is 9.59 Å². The fraction of sp³-hybridized carbons (Fsp3) is 0.438. The highest BCUT2D eigenvalue weighted by molar-refractivity contribution is 5.97. The number of piperidine rings is 1. The normalized spacial score (nSPS) is 16.3. The number of aromatic nitrogens is 2. The lowest BCUT2D eigenvalue weighted by Crippen LogP contribution is -2.44. The number of fused-ring (bicyclic) bond motifs is 1. The lowest BCUT2D eigenvalue weighted by molar-refractivity contribution is -0.118. The van der Waals surface area contributed by atoms with Crippen LogP contribution >= 0.6 is 0 Å². The summed E-state index contributed by atoms with van der Waals surface area (Å²) in [6, 6.07) is 16.0. The smallest absolute Gasteiger partial charge is 0.251 e. The molecule has 2 aromatic carbocycles. The Bertz CT molecular complexity index is 1390. The van der Waals surface area contributed by atoms with Crippen LogP contribution in [0.3, 0.4) is 0 Å². The molecule has 42 heavy (non-hydrogen) atoms. The van der Waals surface area contributed by atoms with E-state index in [1.54, 1.807) is 37.4 Å². The van der Waals surface area contributed by atoms with Crippen LogP contribution in [-0.2, 0) is 11.3 Å². The van der Waals surface area contributed by atoms with Gasteiger partial charge < -0.3 is 25.2 Å². The lowest BCUT2D eigenvalue weighted by Gasteiger charge is -2.32. The average molecular weight is 572 g/mol. The molecule has 2 aliphatic rings. The van der Waals surface area contributed by atoms with Gasteiger partial charge >= 0.3 is 0 Å². The zero-order valence-electron chi connectivity index (χ0n) is 25.0. The number of amides is 2. The molecule has 3 aromatic rings. The van der Waals surface area contributed by atoms with Crippen molar-refractivity contribution in [3.63, 3.8) is 0 Å². The van der Waals surface area contributed by atoms with Gasteiger partial charge in [-0.3, -0.25) is 14.5 Å². The molecular formula is C32H41N7O3. The van der Waals surface area contributed by atoms with Gasteiger partial charge in [-0.05, 0) is 42.5 Å². The number of anilines is 4. The van der Waals surface area contributed by atoms with Crippen LogP contribution in [0.5, 0.6) is 5.75 Å². The summed E-state index contributed by atoms with van der Waals surface area (Å²) in [4.78, 5) is 41.2. The van der Waals surface area contributed by atoms with Gasteiger partial charge in [0.05, 0.1) is 19.0 Å². The fourth-order valence-corrected chi connectivity index (χ4v) is 5.56. The number of methoxy groups -OCH3 is 1. The molecule has 10 nitrogen and oxygen atoms in total. The summed E-state index contributed by atoms with van der Waals surface area (Å²) in [5.74, 6) is 1.97. The van der Waals surface area contributed by atoms with E-state index in [0.29, 0.717) is 47.5 Å². The van der Waals surface area contributed by atoms with Gasteiger partial charge in [0.2, 0.25) is 11.9 Å². The van der Waals surface area contributed by atoms with Gasteiger partial charge in [-0.2, -0.15) is 4.98 Å². The number of carbonyl (C=O) groups excluding carboxylic acids is 2. The number of benzene rings is 2. The predicted molar refractivity (Wildman–Crippen MR) is 166 cm³/mol. The third-order valence-corrected chi connectivity index (χ3v) is 7.85. The molecule has 5 rings (SSSR count). The number of rotatable bonds is 9. The van der Waals surface area contributed by atoms with E-state index in [1.807, 2.05) is 12.1 Å². The highest BCUT2D eigenvalue weighted by Gasteiger charge is 2.27. The van der Waals surface area contributed by atoms with Crippen LogP contribution in [0.15, 0.2) is 54.7 Å². The van der Waals surface area contributed by atoms with Gasteiger partial charge in [0, 0.05) is 57.8 Å². The quantitative estimate of drug-likeness (QED) is 0.388. The number of ether oxygens (including phenoxy) is 1. The molecule has 222 valence electrons. The molecule has 10 heteroatoms. The van der Waals surface area contributed by atoms with Gasteiger partial charge in [-0.25, -0.2) is 4.98 Å². The Kier molecular flexibility index (Phi) is 9.22. The molecule has 0 unspecified atom stereocenters. The first-order valence-electron chi connectivity index (χ1n) is 14.7. The molecule has 0 radical (unpaired) electrons. The number of nitrogens with one attached hydrogen (secondary N) is 2.